The van der Waals surface area contributed by atoms with Crippen LogP contribution in [0.25, 0.3) is 0 Å². The molecule has 0 aliphatic carbocycles. The molecular weight excluding hydrogens is 238 g/mol. The number of nitrogens with two attached hydrogens (primary N) is 1. The minimum atomic E-state index is 0.122. The number of anilines is 1. The Kier molecular flexibility index (Phi) is 4.56. The predicted octanol–water partition coefficient (Wildman–Crippen LogP) is 1.39. The van der Waals surface area contributed by atoms with Gasteiger partial charge in [0.2, 0.25) is 5.91 Å². The number of hydrogen-bond donors (Lipinski definition) is 2. The van der Waals surface area contributed by atoms with E-state index < -0.39 is 0 Å². The van der Waals surface area contributed by atoms with Gasteiger partial charge in [0.05, 0.1) is 0 Å². The van der Waals surface area contributed by atoms with Gasteiger partial charge in [-0.1, -0.05) is 12.1 Å². The fraction of sp³-hybridized carbons (Fsp3) is 0.533. The molecule has 1 unspecified atom stereocenters. The highest BCUT2D eigenvalue weighted by molar-refractivity contribution is 5.93. The van der Waals surface area contributed by atoms with Gasteiger partial charge in [-0.2, -0.15) is 0 Å². The third-order valence-corrected chi connectivity index (χ3v) is 3.45. The number of carbonyl (C=O) groups is 1. The van der Waals surface area contributed by atoms with Crippen LogP contribution in [0, 0.1) is 0 Å². The number of carbonyl (C=O) groups excluding carboxylic acids is 1. The summed E-state index contributed by atoms with van der Waals surface area (Å²) in [6.07, 6.45) is 2.47. The summed E-state index contributed by atoms with van der Waals surface area (Å²) in [4.78, 5) is 13.6. The summed E-state index contributed by atoms with van der Waals surface area (Å²) in [7, 11) is 2.10. The van der Waals surface area contributed by atoms with Crippen molar-refractivity contribution in [3.8, 4) is 0 Å². The number of nitrogens with zero attached hydrogens (tertiary/aromatic N) is 1. The molecule has 3 N–H and O–H groups in total. The van der Waals surface area contributed by atoms with Gasteiger partial charge >= 0.3 is 0 Å². The summed E-state index contributed by atoms with van der Waals surface area (Å²) in [5.74, 6) is 0.122. The average Bonchev–Trinajstić information content (AvgIpc) is 2.35. The van der Waals surface area contributed by atoms with Gasteiger partial charge in [-0.05, 0) is 44.0 Å². The van der Waals surface area contributed by atoms with Crippen molar-refractivity contribution in [1.82, 2.24) is 4.90 Å². The molecule has 1 aliphatic rings. The fourth-order valence-corrected chi connectivity index (χ4v) is 2.50. The van der Waals surface area contributed by atoms with Gasteiger partial charge in [-0.15, -0.1) is 0 Å². The SMILES string of the molecule is CC(N)CN(C)CCc1ccc2c(c1)CCC(=O)N2. The van der Waals surface area contributed by atoms with Crippen LogP contribution in [-0.4, -0.2) is 37.0 Å². The number of rotatable bonds is 5. The van der Waals surface area contributed by atoms with Crippen LogP contribution in [0.3, 0.4) is 0 Å². The van der Waals surface area contributed by atoms with Crippen LogP contribution in [0.4, 0.5) is 5.69 Å². The molecule has 4 nitrogen and oxygen atoms in total. The summed E-state index contributed by atoms with van der Waals surface area (Å²) in [5.41, 5.74) is 9.34. The van der Waals surface area contributed by atoms with Gasteiger partial charge in [0.15, 0.2) is 0 Å². The van der Waals surface area contributed by atoms with Gasteiger partial charge in [0.1, 0.15) is 0 Å². The number of aryl methyl sites for hydroxylation is 1. The van der Waals surface area contributed by atoms with Crippen LogP contribution in [0.15, 0.2) is 18.2 Å². The molecule has 1 atom stereocenters. The second kappa shape index (κ2) is 6.17. The molecule has 0 spiro atoms. The van der Waals surface area contributed by atoms with Gasteiger partial charge in [0.25, 0.3) is 0 Å². The van der Waals surface area contributed by atoms with Crippen molar-refractivity contribution in [3.05, 3.63) is 29.3 Å². The average molecular weight is 261 g/mol. The van der Waals surface area contributed by atoms with Gasteiger partial charge in [-0.3, -0.25) is 4.79 Å². The third-order valence-electron chi connectivity index (χ3n) is 3.45. The molecule has 1 aliphatic heterocycles. The van der Waals surface area contributed by atoms with Crippen molar-refractivity contribution >= 4 is 11.6 Å². The Morgan fingerprint density at radius 3 is 2.95 bits per heavy atom. The summed E-state index contributed by atoms with van der Waals surface area (Å²) in [6.45, 7) is 3.95. The normalized spacial score (nSPS) is 16.1. The Bertz CT molecular complexity index is 457. The standard InChI is InChI=1S/C15H23N3O/c1-11(16)10-18(2)8-7-12-3-5-14-13(9-12)4-6-15(19)17-14/h3,5,9,11H,4,6-8,10,16H2,1-2H3,(H,17,19). The second-order valence-electron chi connectivity index (χ2n) is 5.53. The largest absolute Gasteiger partial charge is 0.327 e. The zero-order chi connectivity index (χ0) is 13.8. The lowest BCUT2D eigenvalue weighted by Crippen LogP contribution is -2.34. The van der Waals surface area contributed by atoms with E-state index in [0.29, 0.717) is 6.42 Å². The molecule has 19 heavy (non-hydrogen) atoms. The van der Waals surface area contributed by atoms with Crippen LogP contribution >= 0.6 is 0 Å². The smallest absolute Gasteiger partial charge is 0.224 e. The number of likely N-dealkylation sites (N-methyl/N-ethyl adjacent to an activating group) is 1. The van der Waals surface area contributed by atoms with E-state index in [1.54, 1.807) is 0 Å². The van der Waals surface area contributed by atoms with E-state index in [1.165, 1.54) is 11.1 Å². The summed E-state index contributed by atoms with van der Waals surface area (Å²) < 4.78 is 0. The van der Waals surface area contributed by atoms with E-state index in [-0.39, 0.29) is 11.9 Å². The molecule has 0 radical (unpaired) electrons. The molecule has 4 heteroatoms. The molecular formula is C15H23N3O. The van der Waals surface area contributed by atoms with E-state index in [1.807, 2.05) is 13.0 Å². The van der Waals surface area contributed by atoms with Crippen LogP contribution in [-0.2, 0) is 17.6 Å². The molecule has 1 heterocycles. The minimum absolute atomic E-state index is 0.122. The van der Waals surface area contributed by atoms with Crippen molar-refractivity contribution in [3.63, 3.8) is 0 Å². The zero-order valence-corrected chi connectivity index (χ0v) is 11.8. The molecule has 0 aromatic heterocycles. The monoisotopic (exact) mass is 261 g/mol. The minimum Gasteiger partial charge on any atom is -0.327 e. The first-order valence-electron chi connectivity index (χ1n) is 6.90. The lowest BCUT2D eigenvalue weighted by molar-refractivity contribution is -0.116. The Labute approximate surface area is 115 Å². The first-order chi connectivity index (χ1) is 9.04. The quantitative estimate of drug-likeness (QED) is 0.842. The van der Waals surface area contributed by atoms with Crippen molar-refractivity contribution < 1.29 is 4.79 Å². The van der Waals surface area contributed by atoms with E-state index in [0.717, 1.165) is 31.6 Å². The predicted molar refractivity (Wildman–Crippen MR) is 78.2 cm³/mol. The molecule has 1 amide bonds. The number of hydrogen-bond acceptors (Lipinski definition) is 3. The highest BCUT2D eigenvalue weighted by atomic mass is 16.1. The van der Waals surface area contributed by atoms with Crippen LogP contribution in [0.5, 0.6) is 0 Å². The zero-order valence-electron chi connectivity index (χ0n) is 11.8. The van der Waals surface area contributed by atoms with Crippen molar-refractivity contribution in [2.45, 2.75) is 32.2 Å². The number of fused-ring (bicyclic) bond motifs is 1. The maximum Gasteiger partial charge on any atom is 0.224 e. The van der Waals surface area contributed by atoms with Crippen molar-refractivity contribution in [2.75, 3.05) is 25.5 Å². The number of benzene rings is 1. The van der Waals surface area contributed by atoms with Gasteiger partial charge in [0, 0.05) is 31.2 Å². The van der Waals surface area contributed by atoms with Crippen LogP contribution in [0.2, 0.25) is 0 Å². The summed E-state index contributed by atoms with van der Waals surface area (Å²) in [5, 5.41) is 2.91. The topological polar surface area (TPSA) is 58.4 Å². The van der Waals surface area contributed by atoms with E-state index in [2.05, 4.69) is 29.4 Å². The van der Waals surface area contributed by atoms with Crippen molar-refractivity contribution in [2.24, 2.45) is 5.73 Å². The molecule has 2 rings (SSSR count). The highest BCUT2D eigenvalue weighted by Crippen LogP contribution is 2.23. The maximum absolute atomic E-state index is 11.3. The van der Waals surface area contributed by atoms with E-state index in [9.17, 15) is 4.79 Å². The van der Waals surface area contributed by atoms with Gasteiger partial charge < -0.3 is 16.0 Å². The Hall–Kier alpha value is -1.39. The number of amides is 1. The Morgan fingerprint density at radius 1 is 1.42 bits per heavy atom. The Balaban J connectivity index is 1.93. The molecule has 1 aromatic carbocycles. The molecule has 104 valence electrons. The lowest BCUT2D eigenvalue weighted by atomic mass is 9.99. The summed E-state index contributed by atoms with van der Waals surface area (Å²) >= 11 is 0. The first kappa shape index (κ1) is 14.0. The molecule has 1 aromatic rings. The first-order valence-corrected chi connectivity index (χ1v) is 6.90. The van der Waals surface area contributed by atoms with Gasteiger partial charge in [-0.25, -0.2) is 0 Å². The Morgan fingerprint density at radius 2 is 2.21 bits per heavy atom. The molecule has 0 saturated carbocycles. The third kappa shape index (κ3) is 4.04. The lowest BCUT2D eigenvalue weighted by Gasteiger charge is -2.20. The van der Waals surface area contributed by atoms with E-state index in [4.69, 9.17) is 5.73 Å². The second-order valence-corrected chi connectivity index (χ2v) is 5.53. The highest BCUT2D eigenvalue weighted by Gasteiger charge is 2.14. The van der Waals surface area contributed by atoms with Crippen LogP contribution < -0.4 is 11.1 Å². The molecule has 0 fully saturated rings. The fourth-order valence-electron chi connectivity index (χ4n) is 2.50. The summed E-state index contributed by atoms with van der Waals surface area (Å²) in [6, 6.07) is 6.55. The number of nitrogens with one attached hydrogen (secondary N) is 1. The molecule has 0 saturated heterocycles. The maximum atomic E-state index is 11.3. The van der Waals surface area contributed by atoms with Crippen molar-refractivity contribution in [1.29, 1.82) is 0 Å². The van der Waals surface area contributed by atoms with E-state index >= 15 is 0 Å². The van der Waals surface area contributed by atoms with Crippen LogP contribution in [0.1, 0.15) is 24.5 Å². The molecule has 0 bridgehead atoms.